The number of nitrogens with zero attached hydrogens (tertiary/aromatic N) is 5. The molecule has 2 N–H and O–H groups in total. The normalized spacial score (nSPS) is 16.0. The monoisotopic (exact) mass is 407 g/mol. The van der Waals surface area contributed by atoms with E-state index in [1.807, 2.05) is 34.9 Å². The van der Waals surface area contributed by atoms with Crippen LogP contribution in [0.3, 0.4) is 0 Å². The molecule has 1 aromatic carbocycles. The number of benzene rings is 1. The fraction of sp³-hybridized carbons (Fsp3) is 0.409. The van der Waals surface area contributed by atoms with Crippen molar-refractivity contribution in [3.05, 3.63) is 60.0 Å². The van der Waals surface area contributed by atoms with Crippen LogP contribution in [0.2, 0.25) is 0 Å². The zero-order valence-electron chi connectivity index (χ0n) is 17.6. The minimum atomic E-state index is 0.259. The summed E-state index contributed by atoms with van der Waals surface area (Å²) in [6, 6.07) is 14.5. The van der Waals surface area contributed by atoms with Crippen molar-refractivity contribution >= 4 is 11.6 Å². The van der Waals surface area contributed by atoms with E-state index in [9.17, 15) is 0 Å². The van der Waals surface area contributed by atoms with Crippen LogP contribution in [0.15, 0.2) is 53.7 Å². The van der Waals surface area contributed by atoms with Gasteiger partial charge in [-0.05, 0) is 55.8 Å². The van der Waals surface area contributed by atoms with E-state index >= 15 is 0 Å². The van der Waals surface area contributed by atoms with Crippen molar-refractivity contribution in [2.75, 3.05) is 33.8 Å². The summed E-state index contributed by atoms with van der Waals surface area (Å²) in [4.78, 5) is 6.92. The molecule has 8 nitrogen and oxygen atoms in total. The van der Waals surface area contributed by atoms with E-state index in [4.69, 9.17) is 4.74 Å². The number of guanidine groups is 1. The van der Waals surface area contributed by atoms with E-state index in [0.29, 0.717) is 6.54 Å². The fourth-order valence-electron chi connectivity index (χ4n) is 3.95. The molecule has 3 heterocycles. The highest BCUT2D eigenvalue weighted by Crippen LogP contribution is 2.27. The van der Waals surface area contributed by atoms with Gasteiger partial charge in [0.2, 0.25) is 0 Å². The van der Waals surface area contributed by atoms with Crippen LogP contribution >= 0.6 is 0 Å². The minimum Gasteiger partial charge on any atom is -0.497 e. The molecular formula is C22H29N7O. The first kappa shape index (κ1) is 20.2. The van der Waals surface area contributed by atoms with E-state index in [0.717, 1.165) is 42.8 Å². The van der Waals surface area contributed by atoms with Crippen LogP contribution in [-0.4, -0.2) is 59.2 Å². The van der Waals surface area contributed by atoms with Crippen molar-refractivity contribution < 1.29 is 4.74 Å². The summed E-state index contributed by atoms with van der Waals surface area (Å²) in [5, 5.41) is 15.3. The number of pyridine rings is 1. The summed E-state index contributed by atoms with van der Waals surface area (Å²) in [6.45, 7) is 3.52. The summed E-state index contributed by atoms with van der Waals surface area (Å²) in [5.41, 5.74) is 2.09. The maximum Gasteiger partial charge on any atom is 0.191 e. The second-order valence-corrected chi connectivity index (χ2v) is 7.39. The molecule has 1 fully saturated rings. The molecule has 4 rings (SSSR count). The Morgan fingerprint density at radius 1 is 1.13 bits per heavy atom. The predicted molar refractivity (Wildman–Crippen MR) is 118 cm³/mol. The summed E-state index contributed by atoms with van der Waals surface area (Å²) in [7, 11) is 3.50. The first-order valence-corrected chi connectivity index (χ1v) is 10.4. The summed E-state index contributed by atoms with van der Waals surface area (Å²) >= 11 is 0. The van der Waals surface area contributed by atoms with Gasteiger partial charge in [0.15, 0.2) is 17.4 Å². The van der Waals surface area contributed by atoms with Crippen LogP contribution in [-0.2, 0) is 6.54 Å². The largest absolute Gasteiger partial charge is 0.497 e. The van der Waals surface area contributed by atoms with Crippen LogP contribution in [0.5, 0.6) is 5.75 Å². The number of methoxy groups -OCH3 is 1. The van der Waals surface area contributed by atoms with E-state index in [1.54, 1.807) is 14.2 Å². The van der Waals surface area contributed by atoms with Gasteiger partial charge in [0, 0.05) is 19.8 Å². The lowest BCUT2D eigenvalue weighted by Gasteiger charge is -2.29. The highest BCUT2D eigenvalue weighted by molar-refractivity contribution is 5.79. The molecule has 2 aromatic heterocycles. The summed E-state index contributed by atoms with van der Waals surface area (Å²) in [6.07, 6.45) is 4.45. The molecule has 1 aliphatic rings. The third-order valence-corrected chi connectivity index (χ3v) is 5.54. The first-order valence-electron chi connectivity index (χ1n) is 10.4. The van der Waals surface area contributed by atoms with Crippen molar-refractivity contribution in [2.24, 2.45) is 4.99 Å². The van der Waals surface area contributed by atoms with Crippen molar-refractivity contribution in [3.8, 4) is 5.75 Å². The van der Waals surface area contributed by atoms with Crippen LogP contribution in [0, 0.1) is 0 Å². The number of aliphatic imine (C=N–C) groups is 1. The Balaban J connectivity index is 1.42. The molecule has 1 atom stereocenters. The van der Waals surface area contributed by atoms with Gasteiger partial charge >= 0.3 is 0 Å². The molecule has 1 saturated heterocycles. The second-order valence-electron chi connectivity index (χ2n) is 7.39. The standard InChI is InChI=1S/C22H29N7O/c1-23-22(25-16-21-27-26-20-10-3-4-13-29(20)21)24-15-19(28-11-5-6-12-28)17-8-7-9-18(14-17)30-2/h3-4,7-10,13-14,19H,5-6,11-12,15-16H2,1-2H3,(H2,23,24,25). The number of fused-ring (bicyclic) bond motifs is 1. The van der Waals surface area contributed by atoms with Crippen molar-refractivity contribution in [1.29, 1.82) is 0 Å². The molecule has 1 unspecified atom stereocenters. The summed E-state index contributed by atoms with van der Waals surface area (Å²) in [5.74, 6) is 2.48. The van der Waals surface area contributed by atoms with Crippen LogP contribution in [0.4, 0.5) is 0 Å². The van der Waals surface area contributed by atoms with Crippen molar-refractivity contribution in [3.63, 3.8) is 0 Å². The maximum absolute atomic E-state index is 5.44. The first-order chi connectivity index (χ1) is 14.8. The Kier molecular flexibility index (Phi) is 6.44. The number of likely N-dealkylation sites (tertiary alicyclic amines) is 1. The third kappa shape index (κ3) is 4.54. The molecule has 0 radical (unpaired) electrons. The number of ether oxygens (including phenoxy) is 1. The Hall–Kier alpha value is -3.13. The van der Waals surface area contributed by atoms with Gasteiger partial charge in [-0.25, -0.2) is 0 Å². The molecule has 0 aliphatic carbocycles. The molecule has 0 amide bonds. The van der Waals surface area contributed by atoms with Gasteiger partial charge in [0.25, 0.3) is 0 Å². The zero-order valence-corrected chi connectivity index (χ0v) is 17.6. The predicted octanol–water partition coefficient (Wildman–Crippen LogP) is 2.24. The van der Waals surface area contributed by atoms with Gasteiger partial charge in [0.05, 0.1) is 19.7 Å². The molecule has 158 valence electrons. The fourth-order valence-corrected chi connectivity index (χ4v) is 3.95. The Bertz CT molecular complexity index is 994. The van der Waals surface area contributed by atoms with E-state index in [2.05, 4.69) is 48.9 Å². The Morgan fingerprint density at radius 2 is 2.00 bits per heavy atom. The van der Waals surface area contributed by atoms with Crippen molar-refractivity contribution in [2.45, 2.75) is 25.4 Å². The van der Waals surface area contributed by atoms with Crippen LogP contribution in [0.25, 0.3) is 5.65 Å². The Labute approximate surface area is 177 Å². The SMILES string of the molecule is CN=C(NCc1nnc2ccccn12)NCC(c1cccc(OC)c1)N1CCCC1. The van der Waals surface area contributed by atoms with Gasteiger partial charge < -0.3 is 15.4 Å². The van der Waals surface area contributed by atoms with E-state index in [-0.39, 0.29) is 6.04 Å². The van der Waals surface area contributed by atoms with E-state index in [1.165, 1.54) is 18.4 Å². The smallest absolute Gasteiger partial charge is 0.191 e. The number of aromatic nitrogens is 3. The lowest BCUT2D eigenvalue weighted by Crippen LogP contribution is -2.42. The average Bonchev–Trinajstić information content (AvgIpc) is 3.47. The molecule has 0 bridgehead atoms. The van der Waals surface area contributed by atoms with Gasteiger partial charge in [0.1, 0.15) is 5.75 Å². The van der Waals surface area contributed by atoms with Gasteiger partial charge in [-0.3, -0.25) is 14.3 Å². The van der Waals surface area contributed by atoms with Crippen molar-refractivity contribution in [1.82, 2.24) is 30.1 Å². The average molecular weight is 408 g/mol. The lowest BCUT2D eigenvalue weighted by atomic mass is 10.1. The van der Waals surface area contributed by atoms with Gasteiger partial charge in [-0.2, -0.15) is 0 Å². The zero-order chi connectivity index (χ0) is 20.8. The second kappa shape index (κ2) is 9.58. The van der Waals surface area contributed by atoms with Crippen LogP contribution in [0.1, 0.15) is 30.3 Å². The number of hydrogen-bond acceptors (Lipinski definition) is 5. The molecule has 0 saturated carbocycles. The molecule has 8 heteroatoms. The minimum absolute atomic E-state index is 0.259. The molecule has 1 aliphatic heterocycles. The maximum atomic E-state index is 5.44. The van der Waals surface area contributed by atoms with Gasteiger partial charge in [-0.15, -0.1) is 10.2 Å². The topological polar surface area (TPSA) is 79.1 Å². The molecule has 30 heavy (non-hydrogen) atoms. The molecule has 0 spiro atoms. The lowest BCUT2D eigenvalue weighted by molar-refractivity contribution is 0.245. The van der Waals surface area contributed by atoms with Crippen LogP contribution < -0.4 is 15.4 Å². The molecular weight excluding hydrogens is 378 g/mol. The number of nitrogens with one attached hydrogen (secondary N) is 2. The van der Waals surface area contributed by atoms with Gasteiger partial charge in [-0.1, -0.05) is 18.2 Å². The Morgan fingerprint density at radius 3 is 2.80 bits per heavy atom. The number of rotatable bonds is 7. The highest BCUT2D eigenvalue weighted by Gasteiger charge is 2.24. The number of hydrogen-bond donors (Lipinski definition) is 2. The highest BCUT2D eigenvalue weighted by atomic mass is 16.5. The van der Waals surface area contributed by atoms with E-state index < -0.39 is 0 Å². The third-order valence-electron chi connectivity index (χ3n) is 5.54. The molecule has 3 aromatic rings. The quantitative estimate of drug-likeness (QED) is 0.462. The summed E-state index contributed by atoms with van der Waals surface area (Å²) < 4.78 is 7.42.